The standard InChI is InChI=1S/C19H20ClNO3/c1-23-17-11-13(7-9-15(17)20)18-14-6-4-3-5-12(14)8-10-16(18)21-19(22)24-2/h3-7,9,11,16,18H,8,10H2,1-2H3,(H,21,22)/t16-,18?/m0/s1. The van der Waals surface area contributed by atoms with Gasteiger partial charge >= 0.3 is 6.09 Å². The summed E-state index contributed by atoms with van der Waals surface area (Å²) in [6.07, 6.45) is 1.36. The highest BCUT2D eigenvalue weighted by Gasteiger charge is 2.32. The van der Waals surface area contributed by atoms with Gasteiger partial charge in [0.1, 0.15) is 5.75 Å². The number of alkyl carbamates (subject to hydrolysis) is 1. The van der Waals surface area contributed by atoms with Crippen LogP contribution < -0.4 is 10.1 Å². The minimum absolute atomic E-state index is 0.0280. The number of nitrogens with one attached hydrogen (secondary N) is 1. The van der Waals surface area contributed by atoms with Crippen molar-refractivity contribution < 1.29 is 14.3 Å². The van der Waals surface area contributed by atoms with Crippen LogP contribution in [0.4, 0.5) is 4.79 Å². The molecule has 1 aliphatic rings. The van der Waals surface area contributed by atoms with E-state index in [0.29, 0.717) is 10.8 Å². The van der Waals surface area contributed by atoms with Crippen molar-refractivity contribution >= 4 is 17.7 Å². The van der Waals surface area contributed by atoms with E-state index < -0.39 is 6.09 Å². The van der Waals surface area contributed by atoms with Gasteiger partial charge in [-0.2, -0.15) is 0 Å². The minimum atomic E-state index is -0.412. The number of hydrogen-bond acceptors (Lipinski definition) is 3. The van der Waals surface area contributed by atoms with E-state index in [1.165, 1.54) is 18.2 Å². The first-order valence-electron chi connectivity index (χ1n) is 7.89. The first-order chi connectivity index (χ1) is 11.6. The third-order valence-electron chi connectivity index (χ3n) is 4.54. The number of rotatable bonds is 3. The Morgan fingerprint density at radius 3 is 2.75 bits per heavy atom. The fraction of sp³-hybridized carbons (Fsp3) is 0.316. The van der Waals surface area contributed by atoms with Crippen molar-refractivity contribution in [3.63, 3.8) is 0 Å². The molecule has 1 N–H and O–H groups in total. The van der Waals surface area contributed by atoms with Crippen LogP contribution in [0.2, 0.25) is 5.02 Å². The molecule has 0 fully saturated rings. The molecule has 1 unspecified atom stereocenters. The molecule has 2 aromatic carbocycles. The predicted octanol–water partition coefficient (Wildman–Crippen LogP) is 4.15. The van der Waals surface area contributed by atoms with Crippen molar-refractivity contribution in [1.29, 1.82) is 0 Å². The number of carbonyl (C=O) groups is 1. The first kappa shape index (κ1) is 16.7. The zero-order valence-electron chi connectivity index (χ0n) is 13.7. The van der Waals surface area contributed by atoms with Crippen LogP contribution in [-0.2, 0) is 11.2 Å². The average molecular weight is 346 g/mol. The third kappa shape index (κ3) is 3.20. The number of hydrogen-bond donors (Lipinski definition) is 1. The molecule has 1 aliphatic carbocycles. The maximum atomic E-state index is 11.8. The van der Waals surface area contributed by atoms with E-state index in [-0.39, 0.29) is 12.0 Å². The molecule has 1 amide bonds. The van der Waals surface area contributed by atoms with Crippen molar-refractivity contribution in [3.05, 3.63) is 64.2 Å². The van der Waals surface area contributed by atoms with Gasteiger partial charge in [0, 0.05) is 12.0 Å². The molecule has 0 heterocycles. The molecular formula is C19H20ClNO3. The fourth-order valence-electron chi connectivity index (χ4n) is 3.41. The van der Waals surface area contributed by atoms with E-state index in [9.17, 15) is 4.79 Å². The summed E-state index contributed by atoms with van der Waals surface area (Å²) < 4.78 is 10.2. The Labute approximate surface area is 146 Å². The molecule has 0 radical (unpaired) electrons. The van der Waals surface area contributed by atoms with Gasteiger partial charge in [0.2, 0.25) is 0 Å². The first-order valence-corrected chi connectivity index (χ1v) is 8.27. The zero-order valence-corrected chi connectivity index (χ0v) is 14.5. The van der Waals surface area contributed by atoms with E-state index in [0.717, 1.165) is 18.4 Å². The Morgan fingerprint density at radius 1 is 1.21 bits per heavy atom. The van der Waals surface area contributed by atoms with Crippen molar-refractivity contribution in [2.75, 3.05) is 14.2 Å². The van der Waals surface area contributed by atoms with Crippen LogP contribution in [0.1, 0.15) is 29.0 Å². The molecule has 2 aromatic rings. The lowest BCUT2D eigenvalue weighted by molar-refractivity contribution is 0.164. The molecule has 2 atom stereocenters. The summed E-state index contributed by atoms with van der Waals surface area (Å²) in [5, 5.41) is 3.55. The average Bonchev–Trinajstić information content (AvgIpc) is 2.62. The van der Waals surface area contributed by atoms with Gasteiger partial charge in [-0.3, -0.25) is 0 Å². The topological polar surface area (TPSA) is 47.6 Å². The molecule has 24 heavy (non-hydrogen) atoms. The van der Waals surface area contributed by atoms with E-state index in [1.54, 1.807) is 7.11 Å². The molecule has 0 spiro atoms. The second-order valence-electron chi connectivity index (χ2n) is 5.85. The van der Waals surface area contributed by atoms with Crippen LogP contribution in [0.3, 0.4) is 0 Å². The van der Waals surface area contributed by atoms with Crippen LogP contribution in [0.15, 0.2) is 42.5 Å². The fourth-order valence-corrected chi connectivity index (χ4v) is 3.60. The lowest BCUT2D eigenvalue weighted by atomic mass is 9.75. The number of carbonyl (C=O) groups excluding carboxylic acids is 1. The molecule has 3 rings (SSSR count). The van der Waals surface area contributed by atoms with E-state index in [4.69, 9.17) is 21.1 Å². The summed E-state index contributed by atoms with van der Waals surface area (Å²) in [6.45, 7) is 0. The lowest BCUT2D eigenvalue weighted by Crippen LogP contribution is -2.42. The Morgan fingerprint density at radius 2 is 2.00 bits per heavy atom. The van der Waals surface area contributed by atoms with Crippen LogP contribution in [0.25, 0.3) is 0 Å². The quantitative estimate of drug-likeness (QED) is 0.909. The van der Waals surface area contributed by atoms with Gasteiger partial charge < -0.3 is 14.8 Å². The number of fused-ring (bicyclic) bond motifs is 1. The van der Waals surface area contributed by atoms with Gasteiger partial charge in [-0.1, -0.05) is 41.9 Å². The molecule has 0 saturated carbocycles. The van der Waals surface area contributed by atoms with Crippen LogP contribution in [0, 0.1) is 0 Å². The van der Waals surface area contributed by atoms with Crippen LogP contribution in [0.5, 0.6) is 5.75 Å². The summed E-state index contributed by atoms with van der Waals surface area (Å²) in [7, 11) is 2.98. The summed E-state index contributed by atoms with van der Waals surface area (Å²) in [4.78, 5) is 11.8. The van der Waals surface area contributed by atoms with Crippen molar-refractivity contribution in [3.8, 4) is 5.75 Å². The van der Waals surface area contributed by atoms with E-state index >= 15 is 0 Å². The Hall–Kier alpha value is -2.20. The van der Waals surface area contributed by atoms with Crippen LogP contribution in [-0.4, -0.2) is 26.4 Å². The van der Waals surface area contributed by atoms with Crippen LogP contribution >= 0.6 is 11.6 Å². The highest BCUT2D eigenvalue weighted by Crippen LogP contribution is 2.39. The highest BCUT2D eigenvalue weighted by atomic mass is 35.5. The third-order valence-corrected chi connectivity index (χ3v) is 4.85. The summed E-state index contributed by atoms with van der Waals surface area (Å²) in [5.41, 5.74) is 3.58. The Bertz CT molecular complexity index is 747. The monoisotopic (exact) mass is 345 g/mol. The second-order valence-corrected chi connectivity index (χ2v) is 6.26. The molecular weight excluding hydrogens is 326 g/mol. The number of ether oxygens (including phenoxy) is 2. The Balaban J connectivity index is 2.05. The molecule has 126 valence electrons. The number of aryl methyl sites for hydroxylation is 1. The minimum Gasteiger partial charge on any atom is -0.495 e. The molecule has 4 nitrogen and oxygen atoms in total. The maximum Gasteiger partial charge on any atom is 0.407 e. The Kier molecular flexibility index (Phi) is 4.95. The van der Waals surface area contributed by atoms with Crippen molar-refractivity contribution in [2.24, 2.45) is 0 Å². The predicted molar refractivity (Wildman–Crippen MR) is 93.9 cm³/mol. The number of halogens is 1. The lowest BCUT2D eigenvalue weighted by Gasteiger charge is -2.34. The van der Waals surface area contributed by atoms with Gasteiger partial charge in [-0.15, -0.1) is 0 Å². The molecule has 0 saturated heterocycles. The van der Waals surface area contributed by atoms with E-state index in [2.05, 4.69) is 17.4 Å². The summed E-state index contributed by atoms with van der Waals surface area (Å²) >= 11 is 6.16. The van der Waals surface area contributed by atoms with Crippen molar-refractivity contribution in [1.82, 2.24) is 5.32 Å². The SMILES string of the molecule is COC(=O)N[C@H]1CCc2ccccc2C1c1ccc(Cl)c(OC)c1. The van der Waals surface area contributed by atoms with Gasteiger partial charge in [-0.05, 0) is 41.7 Å². The molecule has 5 heteroatoms. The molecule has 0 aliphatic heterocycles. The van der Waals surface area contributed by atoms with Gasteiger partial charge in [0.15, 0.2) is 0 Å². The largest absolute Gasteiger partial charge is 0.495 e. The highest BCUT2D eigenvalue weighted by molar-refractivity contribution is 6.32. The normalized spacial score (nSPS) is 19.3. The van der Waals surface area contributed by atoms with Gasteiger partial charge in [0.25, 0.3) is 0 Å². The summed E-state index contributed by atoms with van der Waals surface area (Å²) in [5.74, 6) is 0.661. The zero-order chi connectivity index (χ0) is 17.1. The number of amides is 1. The maximum absolute atomic E-state index is 11.8. The molecule has 0 aromatic heterocycles. The second kappa shape index (κ2) is 7.14. The smallest absolute Gasteiger partial charge is 0.407 e. The van der Waals surface area contributed by atoms with Gasteiger partial charge in [0.05, 0.1) is 19.2 Å². The van der Waals surface area contributed by atoms with Crippen molar-refractivity contribution in [2.45, 2.75) is 24.8 Å². The molecule has 0 bridgehead atoms. The summed E-state index contributed by atoms with van der Waals surface area (Å²) in [6, 6.07) is 14.1. The number of benzene rings is 2. The van der Waals surface area contributed by atoms with Gasteiger partial charge in [-0.25, -0.2) is 4.79 Å². The number of methoxy groups -OCH3 is 2. The van der Waals surface area contributed by atoms with E-state index in [1.807, 2.05) is 30.3 Å².